The van der Waals surface area contributed by atoms with Crippen LogP contribution in [0.15, 0.2) is 28.7 Å². The first-order valence-electron chi connectivity index (χ1n) is 5.21. The monoisotopic (exact) mass is 248 g/mol. The molecule has 0 N–H and O–H groups in total. The molecule has 0 saturated heterocycles. The fourth-order valence-electron chi connectivity index (χ4n) is 1.36. The molecule has 0 aliphatic heterocycles. The summed E-state index contributed by atoms with van der Waals surface area (Å²) in [7, 11) is 0. The lowest BCUT2D eigenvalue weighted by Gasteiger charge is -1.95. The largest absolute Gasteiger partial charge is 0.420 e. The molecule has 0 aliphatic carbocycles. The van der Waals surface area contributed by atoms with Gasteiger partial charge in [-0.15, -0.1) is 10.2 Å². The minimum atomic E-state index is -0.0348. The third kappa shape index (κ3) is 2.94. The Morgan fingerprint density at radius 1 is 1.29 bits per heavy atom. The number of benzene rings is 1. The van der Waals surface area contributed by atoms with Crippen molar-refractivity contribution in [1.82, 2.24) is 10.2 Å². The van der Waals surface area contributed by atoms with Crippen LogP contribution in [-0.2, 0) is 11.2 Å². The summed E-state index contributed by atoms with van der Waals surface area (Å²) in [6, 6.07) is 7.76. The van der Waals surface area contributed by atoms with Gasteiger partial charge in [-0.1, -0.05) is 17.7 Å². The van der Waals surface area contributed by atoms with E-state index in [9.17, 15) is 4.79 Å². The predicted molar refractivity (Wildman–Crippen MR) is 67.0 cm³/mol. The van der Waals surface area contributed by atoms with Crippen LogP contribution in [0.2, 0.25) is 0 Å². The van der Waals surface area contributed by atoms with Crippen molar-refractivity contribution in [3.05, 3.63) is 35.7 Å². The molecule has 0 fully saturated rings. The number of carbonyl (C=O) groups is 1. The summed E-state index contributed by atoms with van der Waals surface area (Å²) in [5, 5.41) is 7.74. The van der Waals surface area contributed by atoms with Gasteiger partial charge in [0.1, 0.15) is 0 Å². The van der Waals surface area contributed by atoms with Gasteiger partial charge in [-0.05, 0) is 19.1 Å². The van der Waals surface area contributed by atoms with Crippen LogP contribution in [0.25, 0.3) is 11.5 Å². The van der Waals surface area contributed by atoms with Crippen molar-refractivity contribution in [3.63, 3.8) is 0 Å². The van der Waals surface area contributed by atoms with Gasteiger partial charge in [0.15, 0.2) is 5.78 Å². The van der Waals surface area contributed by atoms with E-state index in [-0.39, 0.29) is 18.0 Å². The van der Waals surface area contributed by atoms with Gasteiger partial charge in [0.05, 0.1) is 6.42 Å². The molecule has 2 rings (SSSR count). The second kappa shape index (κ2) is 5.14. The molecule has 1 aromatic heterocycles. The zero-order chi connectivity index (χ0) is 12.3. The SMILES string of the molecule is Cc1ccc(-c2nnc(CC(=O)CS)o2)cc1. The molecule has 0 amide bonds. The van der Waals surface area contributed by atoms with Crippen LogP contribution in [0.4, 0.5) is 0 Å². The highest BCUT2D eigenvalue weighted by Gasteiger charge is 2.11. The van der Waals surface area contributed by atoms with Crippen molar-refractivity contribution in [2.24, 2.45) is 0 Å². The quantitative estimate of drug-likeness (QED) is 0.842. The maximum atomic E-state index is 11.2. The summed E-state index contributed by atoms with van der Waals surface area (Å²) in [5.41, 5.74) is 2.02. The molecule has 0 saturated carbocycles. The molecule has 1 aromatic carbocycles. The van der Waals surface area contributed by atoms with Gasteiger partial charge in [0.25, 0.3) is 0 Å². The second-order valence-electron chi connectivity index (χ2n) is 3.74. The van der Waals surface area contributed by atoms with Gasteiger partial charge in [-0.2, -0.15) is 12.6 Å². The minimum Gasteiger partial charge on any atom is -0.420 e. The summed E-state index contributed by atoms with van der Waals surface area (Å²) in [5.74, 6) is 0.918. The number of carbonyl (C=O) groups excluding carboxylic acids is 1. The molecule has 0 radical (unpaired) electrons. The average molecular weight is 248 g/mol. The number of aromatic nitrogens is 2. The normalized spacial score (nSPS) is 10.5. The molecule has 0 atom stereocenters. The Morgan fingerprint density at radius 2 is 2.00 bits per heavy atom. The van der Waals surface area contributed by atoms with E-state index in [4.69, 9.17) is 4.42 Å². The first kappa shape index (κ1) is 11.9. The number of ketones is 1. The van der Waals surface area contributed by atoms with Gasteiger partial charge >= 0.3 is 0 Å². The molecule has 17 heavy (non-hydrogen) atoms. The zero-order valence-electron chi connectivity index (χ0n) is 9.38. The van der Waals surface area contributed by atoms with Crippen molar-refractivity contribution in [1.29, 1.82) is 0 Å². The molecule has 0 bridgehead atoms. The Balaban J connectivity index is 2.18. The van der Waals surface area contributed by atoms with Crippen molar-refractivity contribution in [2.45, 2.75) is 13.3 Å². The Bertz CT molecular complexity index is 520. The lowest BCUT2D eigenvalue weighted by molar-refractivity contribution is -0.116. The molecule has 0 spiro atoms. The number of Topliss-reactive ketones (excluding diaryl/α,β-unsaturated/α-hetero) is 1. The number of hydrogen-bond donors (Lipinski definition) is 1. The van der Waals surface area contributed by atoms with E-state index in [0.717, 1.165) is 5.56 Å². The number of nitrogens with zero attached hydrogens (tertiary/aromatic N) is 2. The highest BCUT2D eigenvalue weighted by Crippen LogP contribution is 2.18. The number of rotatable bonds is 4. The third-order valence-electron chi connectivity index (χ3n) is 2.29. The standard InChI is InChI=1S/C12H12N2O2S/c1-8-2-4-9(5-3-8)12-14-13-11(16-12)6-10(15)7-17/h2-5,17H,6-7H2,1H3. The van der Waals surface area contributed by atoms with Gasteiger partial charge < -0.3 is 4.42 Å². The number of hydrogen-bond acceptors (Lipinski definition) is 5. The Hall–Kier alpha value is -1.62. The minimum absolute atomic E-state index is 0.0348. The second-order valence-corrected chi connectivity index (χ2v) is 4.06. The van der Waals surface area contributed by atoms with E-state index < -0.39 is 0 Å². The van der Waals surface area contributed by atoms with Crippen LogP contribution in [-0.4, -0.2) is 21.7 Å². The summed E-state index contributed by atoms with van der Waals surface area (Å²) in [6.07, 6.45) is 0.141. The topological polar surface area (TPSA) is 56.0 Å². The van der Waals surface area contributed by atoms with E-state index in [0.29, 0.717) is 11.8 Å². The molecular formula is C12H12N2O2S. The zero-order valence-corrected chi connectivity index (χ0v) is 10.3. The smallest absolute Gasteiger partial charge is 0.247 e. The maximum absolute atomic E-state index is 11.2. The van der Waals surface area contributed by atoms with Gasteiger partial charge in [0.2, 0.25) is 11.8 Å². The highest BCUT2D eigenvalue weighted by molar-refractivity contribution is 7.81. The lowest BCUT2D eigenvalue weighted by atomic mass is 10.1. The molecular weight excluding hydrogens is 236 g/mol. The van der Waals surface area contributed by atoms with Crippen LogP contribution in [0.3, 0.4) is 0 Å². The fourth-order valence-corrected chi connectivity index (χ4v) is 1.47. The van der Waals surface area contributed by atoms with Crippen molar-refractivity contribution in [2.75, 3.05) is 5.75 Å². The molecule has 0 unspecified atom stereocenters. The van der Waals surface area contributed by atoms with Crippen molar-refractivity contribution >= 4 is 18.4 Å². The summed E-state index contributed by atoms with van der Waals surface area (Å²) in [4.78, 5) is 11.2. The molecule has 88 valence electrons. The van der Waals surface area contributed by atoms with Crippen molar-refractivity contribution < 1.29 is 9.21 Å². The van der Waals surface area contributed by atoms with Crippen LogP contribution in [0.1, 0.15) is 11.5 Å². The van der Waals surface area contributed by atoms with Crippen LogP contribution >= 0.6 is 12.6 Å². The lowest BCUT2D eigenvalue weighted by Crippen LogP contribution is -2.03. The van der Waals surface area contributed by atoms with Gasteiger partial charge in [-0.3, -0.25) is 4.79 Å². The van der Waals surface area contributed by atoms with Crippen LogP contribution in [0.5, 0.6) is 0 Å². The molecule has 1 heterocycles. The van der Waals surface area contributed by atoms with E-state index in [1.54, 1.807) is 0 Å². The highest BCUT2D eigenvalue weighted by atomic mass is 32.1. The van der Waals surface area contributed by atoms with E-state index in [1.165, 1.54) is 5.56 Å². The Labute approximate surface area is 104 Å². The third-order valence-corrected chi connectivity index (χ3v) is 2.64. The fraction of sp³-hybridized carbons (Fsp3) is 0.250. The van der Waals surface area contributed by atoms with Crippen LogP contribution in [0, 0.1) is 6.92 Å². The predicted octanol–water partition coefficient (Wildman–Crippen LogP) is 2.09. The Morgan fingerprint density at radius 3 is 2.65 bits per heavy atom. The first-order chi connectivity index (χ1) is 8.19. The van der Waals surface area contributed by atoms with Gasteiger partial charge in [0, 0.05) is 11.3 Å². The van der Waals surface area contributed by atoms with E-state index in [2.05, 4.69) is 22.8 Å². The number of thiol groups is 1. The first-order valence-corrected chi connectivity index (χ1v) is 5.84. The summed E-state index contributed by atoms with van der Waals surface area (Å²) < 4.78 is 5.41. The Kier molecular flexibility index (Phi) is 3.58. The number of aryl methyl sites for hydroxylation is 1. The molecule has 2 aromatic rings. The summed E-state index contributed by atoms with van der Waals surface area (Å²) >= 11 is 3.89. The van der Waals surface area contributed by atoms with E-state index >= 15 is 0 Å². The van der Waals surface area contributed by atoms with Crippen LogP contribution < -0.4 is 0 Å². The molecule has 4 nitrogen and oxygen atoms in total. The average Bonchev–Trinajstić information content (AvgIpc) is 2.78. The van der Waals surface area contributed by atoms with Gasteiger partial charge in [-0.25, -0.2) is 0 Å². The van der Waals surface area contributed by atoms with Crippen molar-refractivity contribution in [3.8, 4) is 11.5 Å². The summed E-state index contributed by atoms with van der Waals surface area (Å²) in [6.45, 7) is 2.01. The molecule has 5 heteroatoms. The molecule has 0 aliphatic rings. The maximum Gasteiger partial charge on any atom is 0.247 e. The van der Waals surface area contributed by atoms with E-state index in [1.807, 2.05) is 31.2 Å².